The van der Waals surface area contributed by atoms with Crippen molar-refractivity contribution in [3.05, 3.63) is 83.9 Å². The van der Waals surface area contributed by atoms with Gasteiger partial charge in [-0.05, 0) is 18.1 Å². The summed E-state index contributed by atoms with van der Waals surface area (Å²) in [5.41, 5.74) is 1.97. The highest BCUT2D eigenvalue weighted by atomic mass is 16.8. The molecule has 6 atom stereocenters. The van der Waals surface area contributed by atoms with Gasteiger partial charge >= 0.3 is 0 Å². The molecule has 3 fully saturated rings. The Kier molecular flexibility index (Phi) is 6.85. The van der Waals surface area contributed by atoms with Crippen LogP contribution in [-0.4, -0.2) is 54.8 Å². The van der Waals surface area contributed by atoms with Crippen molar-refractivity contribution in [1.82, 2.24) is 4.90 Å². The summed E-state index contributed by atoms with van der Waals surface area (Å²) in [6.45, 7) is 2.88. The number of amides is 1. The summed E-state index contributed by atoms with van der Waals surface area (Å²) in [4.78, 5) is 14.6. The van der Waals surface area contributed by atoms with E-state index in [2.05, 4.69) is 0 Å². The Hall–Kier alpha value is -2.55. The average molecular weight is 452 g/mol. The summed E-state index contributed by atoms with van der Waals surface area (Å²) >= 11 is 0. The van der Waals surface area contributed by atoms with Crippen LogP contribution in [0.5, 0.6) is 0 Å². The quantitative estimate of drug-likeness (QED) is 0.626. The number of carbonyl (C=O) groups excluding carboxylic acids is 1. The van der Waals surface area contributed by atoms with E-state index in [0.717, 1.165) is 17.5 Å². The molecule has 3 saturated heterocycles. The Labute approximate surface area is 193 Å². The monoisotopic (exact) mass is 451 g/mol. The summed E-state index contributed by atoms with van der Waals surface area (Å²) < 4.78 is 31.0. The molecule has 0 radical (unpaired) electrons. The van der Waals surface area contributed by atoms with E-state index in [1.165, 1.54) is 0 Å². The van der Waals surface area contributed by atoms with Crippen LogP contribution in [0.25, 0.3) is 0 Å². The maximum absolute atomic E-state index is 12.9. The molecule has 0 aromatic heterocycles. The minimum Gasteiger partial charge on any atom is -0.353 e. The number of hydrogen-bond acceptors (Lipinski definition) is 6. The van der Waals surface area contributed by atoms with Gasteiger partial charge in [0, 0.05) is 5.56 Å². The number of benzene rings is 2. The molecule has 3 aliphatic heterocycles. The zero-order valence-electron chi connectivity index (χ0n) is 18.6. The van der Waals surface area contributed by atoms with Crippen LogP contribution >= 0.6 is 0 Å². The van der Waals surface area contributed by atoms with Gasteiger partial charge in [-0.3, -0.25) is 4.79 Å². The maximum atomic E-state index is 12.9. The Balaban J connectivity index is 1.37. The van der Waals surface area contributed by atoms with Gasteiger partial charge in [0.1, 0.15) is 31.1 Å². The van der Waals surface area contributed by atoms with Gasteiger partial charge in [-0.1, -0.05) is 73.7 Å². The first kappa shape index (κ1) is 22.3. The second-order valence-electron chi connectivity index (χ2n) is 8.39. The van der Waals surface area contributed by atoms with Gasteiger partial charge in [-0.25, -0.2) is 0 Å². The van der Waals surface area contributed by atoms with Crippen LogP contribution in [0.1, 0.15) is 30.8 Å². The van der Waals surface area contributed by atoms with E-state index in [9.17, 15) is 4.79 Å². The highest BCUT2D eigenvalue weighted by Gasteiger charge is 2.56. The van der Waals surface area contributed by atoms with Gasteiger partial charge in [-0.2, -0.15) is 0 Å². The molecule has 0 N–H and O–H groups in total. The molecule has 0 bridgehead atoms. The Morgan fingerprint density at radius 1 is 1.03 bits per heavy atom. The first-order chi connectivity index (χ1) is 16.2. The van der Waals surface area contributed by atoms with Crippen molar-refractivity contribution in [3.8, 4) is 0 Å². The molecule has 33 heavy (non-hydrogen) atoms. The second-order valence-corrected chi connectivity index (χ2v) is 8.39. The van der Waals surface area contributed by atoms with E-state index >= 15 is 0 Å². The van der Waals surface area contributed by atoms with E-state index in [0.29, 0.717) is 13.2 Å². The third-order valence-corrected chi connectivity index (χ3v) is 6.18. The summed E-state index contributed by atoms with van der Waals surface area (Å²) in [6.07, 6.45) is 1.95. The third kappa shape index (κ3) is 4.74. The summed E-state index contributed by atoms with van der Waals surface area (Å²) in [5.74, 6) is -0.119. The van der Waals surface area contributed by atoms with E-state index in [-0.39, 0.29) is 30.9 Å². The lowest BCUT2D eigenvalue weighted by molar-refractivity contribution is -0.342. The number of ether oxygens (including phenoxy) is 5. The fourth-order valence-electron chi connectivity index (χ4n) is 4.52. The molecule has 174 valence electrons. The number of hydrogen-bond donors (Lipinski definition) is 0. The Morgan fingerprint density at radius 3 is 2.55 bits per heavy atom. The van der Waals surface area contributed by atoms with Crippen LogP contribution in [-0.2, 0) is 35.1 Å². The number of allylic oxidation sites excluding steroid dienone is 1. The summed E-state index contributed by atoms with van der Waals surface area (Å²) in [7, 11) is 0. The van der Waals surface area contributed by atoms with Crippen LogP contribution in [0, 0.1) is 0 Å². The van der Waals surface area contributed by atoms with Gasteiger partial charge in [0.15, 0.2) is 12.6 Å². The molecule has 3 heterocycles. The molecule has 0 saturated carbocycles. The molecule has 7 heteroatoms. The van der Waals surface area contributed by atoms with Crippen molar-refractivity contribution in [1.29, 1.82) is 0 Å². The SMILES string of the molecule is CC/C=C/C(=O)N1CO[C@@H]2[C@@H]3O[C@H](c4ccccc4)OC[C@H]3O[C@@H](OCc3ccccc3)[C@@H]21. The minimum absolute atomic E-state index is 0.119. The van der Waals surface area contributed by atoms with E-state index in [1.807, 2.05) is 73.7 Å². The normalized spacial score (nSPS) is 31.4. The zero-order valence-corrected chi connectivity index (χ0v) is 18.6. The fraction of sp³-hybridized carbons (Fsp3) is 0.423. The van der Waals surface area contributed by atoms with Crippen LogP contribution in [0.3, 0.4) is 0 Å². The highest BCUT2D eigenvalue weighted by molar-refractivity contribution is 5.88. The largest absolute Gasteiger partial charge is 0.353 e. The van der Waals surface area contributed by atoms with E-state index in [4.69, 9.17) is 23.7 Å². The number of nitrogens with zero attached hydrogens (tertiary/aromatic N) is 1. The molecule has 2 aromatic carbocycles. The summed E-state index contributed by atoms with van der Waals surface area (Å²) in [5, 5.41) is 0. The lowest BCUT2D eigenvalue weighted by atomic mass is 9.95. The van der Waals surface area contributed by atoms with Crippen LogP contribution in [0.4, 0.5) is 0 Å². The molecule has 0 spiro atoms. The highest BCUT2D eigenvalue weighted by Crippen LogP contribution is 2.39. The molecule has 2 aromatic rings. The van der Waals surface area contributed by atoms with Crippen molar-refractivity contribution in [2.75, 3.05) is 13.3 Å². The predicted molar refractivity (Wildman–Crippen MR) is 120 cm³/mol. The van der Waals surface area contributed by atoms with Crippen LogP contribution in [0.2, 0.25) is 0 Å². The predicted octanol–water partition coefficient (Wildman–Crippen LogP) is 3.56. The van der Waals surface area contributed by atoms with Crippen molar-refractivity contribution in [2.45, 2.75) is 56.9 Å². The van der Waals surface area contributed by atoms with Gasteiger partial charge < -0.3 is 28.6 Å². The average Bonchev–Trinajstić information content (AvgIpc) is 3.33. The summed E-state index contributed by atoms with van der Waals surface area (Å²) in [6, 6.07) is 19.3. The lowest BCUT2D eigenvalue weighted by Crippen LogP contribution is -2.64. The first-order valence-electron chi connectivity index (χ1n) is 11.5. The van der Waals surface area contributed by atoms with E-state index < -0.39 is 18.6 Å². The molecule has 1 amide bonds. The lowest BCUT2D eigenvalue weighted by Gasteiger charge is -2.47. The van der Waals surface area contributed by atoms with Crippen molar-refractivity contribution >= 4 is 5.91 Å². The van der Waals surface area contributed by atoms with Crippen molar-refractivity contribution in [2.24, 2.45) is 0 Å². The standard InChI is InChI=1S/C26H29NO6/c1-2-3-14-21(28)27-17-31-24-22(27)26(29-15-18-10-6-4-7-11-18)32-20-16-30-25(33-23(20)24)19-12-8-5-9-13-19/h3-14,20,22-26H,2,15-17H2,1H3/b14-3+/t20-,22-,23-,24+,25-,26-/m1/s1. The topological polar surface area (TPSA) is 66.5 Å². The van der Waals surface area contributed by atoms with Crippen LogP contribution in [0.15, 0.2) is 72.8 Å². The minimum atomic E-state index is -0.654. The van der Waals surface area contributed by atoms with E-state index in [1.54, 1.807) is 11.0 Å². The second kappa shape index (κ2) is 10.2. The molecule has 5 rings (SSSR count). The first-order valence-corrected chi connectivity index (χ1v) is 11.5. The van der Waals surface area contributed by atoms with Crippen molar-refractivity contribution in [3.63, 3.8) is 0 Å². The molecule has 0 aliphatic carbocycles. The number of rotatable bonds is 6. The maximum Gasteiger partial charge on any atom is 0.248 e. The number of carbonyl (C=O) groups is 1. The third-order valence-electron chi connectivity index (χ3n) is 6.18. The van der Waals surface area contributed by atoms with Crippen molar-refractivity contribution < 1.29 is 28.5 Å². The van der Waals surface area contributed by atoms with Gasteiger partial charge in [0.05, 0.1) is 13.2 Å². The zero-order chi connectivity index (χ0) is 22.6. The fourth-order valence-corrected chi connectivity index (χ4v) is 4.52. The van der Waals surface area contributed by atoms with Gasteiger partial charge in [-0.15, -0.1) is 0 Å². The Bertz CT molecular complexity index is 952. The Morgan fingerprint density at radius 2 is 1.79 bits per heavy atom. The van der Waals surface area contributed by atoms with Crippen LogP contribution < -0.4 is 0 Å². The number of fused-ring (bicyclic) bond motifs is 3. The molecular weight excluding hydrogens is 422 g/mol. The van der Waals surface area contributed by atoms with Gasteiger partial charge in [0.2, 0.25) is 5.91 Å². The smallest absolute Gasteiger partial charge is 0.248 e. The molecular formula is C26H29NO6. The molecule has 0 unspecified atom stereocenters. The molecule has 3 aliphatic rings. The molecule has 7 nitrogen and oxygen atoms in total. The van der Waals surface area contributed by atoms with Gasteiger partial charge in [0.25, 0.3) is 0 Å².